The third-order valence-electron chi connectivity index (χ3n) is 3.88. The predicted octanol–water partition coefficient (Wildman–Crippen LogP) is 3.47. The van der Waals surface area contributed by atoms with Gasteiger partial charge in [-0.25, -0.2) is 0 Å². The highest BCUT2D eigenvalue weighted by molar-refractivity contribution is 5.71. The molecule has 0 fully saturated rings. The Morgan fingerprint density at radius 1 is 1.06 bits per heavy atom. The molecule has 2 bridgehead atoms. The second kappa shape index (κ2) is 3.85. The van der Waals surface area contributed by atoms with Crippen LogP contribution in [0.1, 0.15) is 25.0 Å². The van der Waals surface area contributed by atoms with E-state index in [1.807, 2.05) is 12.1 Å². The number of nitrogens with two attached hydrogens (primary N) is 1. The van der Waals surface area contributed by atoms with Crippen molar-refractivity contribution in [1.82, 2.24) is 0 Å². The summed E-state index contributed by atoms with van der Waals surface area (Å²) in [5, 5.41) is 0. The van der Waals surface area contributed by atoms with Crippen molar-refractivity contribution in [3.8, 4) is 11.1 Å². The van der Waals surface area contributed by atoms with Gasteiger partial charge in [0.15, 0.2) is 0 Å². The maximum absolute atomic E-state index is 5.39. The molecule has 0 radical (unpaired) electrons. The van der Waals surface area contributed by atoms with Crippen LogP contribution in [0.4, 0.5) is 5.69 Å². The number of hydrogen-bond donors (Lipinski definition) is 2. The van der Waals surface area contributed by atoms with Crippen molar-refractivity contribution >= 4 is 5.69 Å². The van der Waals surface area contributed by atoms with Crippen molar-refractivity contribution in [2.45, 2.75) is 25.7 Å². The van der Waals surface area contributed by atoms with E-state index in [1.165, 1.54) is 22.3 Å². The molecule has 0 saturated heterocycles. The molecular formula is C16H18N2. The largest absolute Gasteiger partial charge is 0.324 e. The van der Waals surface area contributed by atoms with E-state index in [9.17, 15) is 0 Å². The summed E-state index contributed by atoms with van der Waals surface area (Å²) in [6.07, 6.45) is 1.13. The van der Waals surface area contributed by atoms with Gasteiger partial charge in [-0.1, -0.05) is 44.2 Å². The Hall–Kier alpha value is -1.80. The zero-order chi connectivity index (χ0) is 12.8. The predicted molar refractivity (Wildman–Crippen MR) is 76.4 cm³/mol. The molecule has 3 N–H and O–H groups in total. The van der Waals surface area contributed by atoms with E-state index in [0.29, 0.717) is 0 Å². The summed E-state index contributed by atoms with van der Waals surface area (Å²) in [5.74, 6) is 5.39. The Balaban J connectivity index is 2.02. The zero-order valence-electron chi connectivity index (χ0n) is 10.8. The molecule has 0 spiro atoms. The standard InChI is InChI=1S/C16H18N2/c1-16(2)10-12-9-13(16)5-8-15(12)11-3-6-14(18-17)7-4-11/h3-9,18H,10,17H2,1-2H3. The van der Waals surface area contributed by atoms with E-state index in [1.54, 1.807) is 0 Å². The molecule has 0 amide bonds. The highest BCUT2D eigenvalue weighted by Crippen LogP contribution is 2.40. The average Bonchev–Trinajstić information content (AvgIpc) is 2.60. The number of fused-ring (bicyclic) bond motifs is 2. The quantitative estimate of drug-likeness (QED) is 0.621. The monoisotopic (exact) mass is 238 g/mol. The van der Waals surface area contributed by atoms with Gasteiger partial charge in [-0.15, -0.1) is 0 Å². The fourth-order valence-electron chi connectivity index (χ4n) is 2.77. The smallest absolute Gasteiger partial charge is 0.0485 e. The van der Waals surface area contributed by atoms with Crippen molar-refractivity contribution in [1.29, 1.82) is 0 Å². The van der Waals surface area contributed by atoms with E-state index >= 15 is 0 Å². The van der Waals surface area contributed by atoms with Gasteiger partial charge < -0.3 is 5.43 Å². The fraction of sp³-hybridized carbons (Fsp3) is 0.250. The summed E-state index contributed by atoms with van der Waals surface area (Å²) in [4.78, 5) is 0. The van der Waals surface area contributed by atoms with E-state index < -0.39 is 0 Å². The molecule has 0 unspecified atom stereocenters. The van der Waals surface area contributed by atoms with Crippen LogP contribution in [-0.2, 0) is 11.8 Å². The summed E-state index contributed by atoms with van der Waals surface area (Å²) < 4.78 is 0. The minimum atomic E-state index is 0.284. The van der Waals surface area contributed by atoms with Crippen LogP contribution in [0, 0.1) is 0 Å². The molecule has 2 aromatic carbocycles. The highest BCUT2D eigenvalue weighted by Gasteiger charge is 2.29. The van der Waals surface area contributed by atoms with Crippen molar-refractivity contribution in [2.24, 2.45) is 5.84 Å². The SMILES string of the molecule is CC1(C)Cc2cc1ccc2-c1ccc(NN)cc1. The first kappa shape index (κ1) is 11.3. The second-order valence-electron chi connectivity index (χ2n) is 5.65. The van der Waals surface area contributed by atoms with Crippen molar-refractivity contribution in [2.75, 3.05) is 5.43 Å². The first-order valence-electron chi connectivity index (χ1n) is 6.31. The van der Waals surface area contributed by atoms with Crippen LogP contribution in [0.25, 0.3) is 11.1 Å². The van der Waals surface area contributed by atoms with Gasteiger partial charge in [-0.05, 0) is 46.2 Å². The lowest BCUT2D eigenvalue weighted by Crippen LogP contribution is -2.13. The summed E-state index contributed by atoms with van der Waals surface area (Å²) in [7, 11) is 0. The normalized spacial score (nSPS) is 15.7. The topological polar surface area (TPSA) is 38.0 Å². The minimum Gasteiger partial charge on any atom is -0.324 e. The van der Waals surface area contributed by atoms with Crippen molar-refractivity contribution in [3.63, 3.8) is 0 Å². The van der Waals surface area contributed by atoms with E-state index in [2.05, 4.69) is 49.6 Å². The number of rotatable bonds is 2. The molecule has 3 rings (SSSR count). The summed E-state index contributed by atoms with van der Waals surface area (Å²) in [6, 6.07) is 15.1. The molecule has 1 aliphatic rings. The molecule has 0 aliphatic heterocycles. The molecule has 18 heavy (non-hydrogen) atoms. The molecule has 0 saturated carbocycles. The van der Waals surface area contributed by atoms with Gasteiger partial charge in [-0.3, -0.25) is 5.84 Å². The van der Waals surface area contributed by atoms with Crippen molar-refractivity contribution in [3.05, 3.63) is 53.6 Å². The lowest BCUT2D eigenvalue weighted by molar-refractivity contribution is 0.548. The molecule has 0 heterocycles. The lowest BCUT2D eigenvalue weighted by atomic mass is 9.87. The van der Waals surface area contributed by atoms with Gasteiger partial charge in [0.25, 0.3) is 0 Å². The number of nitrogen functional groups attached to an aromatic ring is 1. The molecule has 1 aliphatic carbocycles. The van der Waals surface area contributed by atoms with Crippen LogP contribution in [-0.4, -0.2) is 0 Å². The summed E-state index contributed by atoms with van der Waals surface area (Å²) in [5.41, 5.74) is 9.37. The van der Waals surface area contributed by atoms with Crippen molar-refractivity contribution < 1.29 is 0 Å². The molecule has 2 aromatic rings. The number of nitrogens with one attached hydrogen (secondary N) is 1. The van der Waals surface area contributed by atoms with Gasteiger partial charge >= 0.3 is 0 Å². The van der Waals surface area contributed by atoms with Crippen LogP contribution >= 0.6 is 0 Å². The van der Waals surface area contributed by atoms with Crippen LogP contribution < -0.4 is 11.3 Å². The average molecular weight is 238 g/mol. The van der Waals surface area contributed by atoms with E-state index in [-0.39, 0.29) is 5.41 Å². The van der Waals surface area contributed by atoms with Crippen LogP contribution in [0.2, 0.25) is 0 Å². The van der Waals surface area contributed by atoms with Crippen LogP contribution in [0.3, 0.4) is 0 Å². The lowest BCUT2D eigenvalue weighted by Gasteiger charge is -2.17. The molecule has 2 nitrogen and oxygen atoms in total. The Labute approximate surface area is 108 Å². The number of hydrogen-bond acceptors (Lipinski definition) is 2. The highest BCUT2D eigenvalue weighted by atomic mass is 15.2. The van der Waals surface area contributed by atoms with Gasteiger partial charge in [0.1, 0.15) is 0 Å². The zero-order valence-corrected chi connectivity index (χ0v) is 10.8. The summed E-state index contributed by atoms with van der Waals surface area (Å²) >= 11 is 0. The number of hydrazine groups is 1. The fourth-order valence-corrected chi connectivity index (χ4v) is 2.77. The molecular weight excluding hydrogens is 220 g/mol. The van der Waals surface area contributed by atoms with Gasteiger partial charge in [0, 0.05) is 5.69 Å². The van der Waals surface area contributed by atoms with Crippen LogP contribution in [0.5, 0.6) is 0 Å². The number of benzene rings is 2. The van der Waals surface area contributed by atoms with E-state index in [4.69, 9.17) is 5.84 Å². The molecule has 0 aromatic heterocycles. The number of anilines is 1. The van der Waals surface area contributed by atoms with Crippen LogP contribution in [0.15, 0.2) is 42.5 Å². The Bertz CT molecular complexity index is 583. The minimum absolute atomic E-state index is 0.284. The Morgan fingerprint density at radius 2 is 1.78 bits per heavy atom. The maximum Gasteiger partial charge on any atom is 0.0485 e. The summed E-state index contributed by atoms with van der Waals surface area (Å²) in [6.45, 7) is 4.61. The first-order valence-corrected chi connectivity index (χ1v) is 6.31. The Morgan fingerprint density at radius 3 is 2.44 bits per heavy atom. The van der Waals surface area contributed by atoms with E-state index in [0.717, 1.165) is 12.1 Å². The maximum atomic E-state index is 5.39. The third-order valence-corrected chi connectivity index (χ3v) is 3.88. The van der Waals surface area contributed by atoms with Gasteiger partial charge in [0.2, 0.25) is 0 Å². The molecule has 0 atom stereocenters. The van der Waals surface area contributed by atoms with Gasteiger partial charge in [-0.2, -0.15) is 0 Å². The first-order chi connectivity index (χ1) is 8.60. The molecule has 2 heteroatoms. The Kier molecular flexibility index (Phi) is 2.42. The van der Waals surface area contributed by atoms with Gasteiger partial charge in [0.05, 0.1) is 0 Å². The second-order valence-corrected chi connectivity index (χ2v) is 5.65. The molecule has 92 valence electrons. The third kappa shape index (κ3) is 1.70.